The van der Waals surface area contributed by atoms with Crippen LogP contribution < -0.4 is 5.32 Å². The minimum absolute atomic E-state index is 0. The molecule has 0 saturated carbocycles. The van der Waals surface area contributed by atoms with E-state index in [2.05, 4.69) is 15.4 Å². The zero-order chi connectivity index (χ0) is 18.1. The normalized spacial score (nSPS) is 10.4. The molecule has 26 heavy (non-hydrogen) atoms. The number of carbonyl (C=O) groups excluding carboxylic acids is 1. The number of aliphatic carboxylic acids is 1. The molecule has 1 aromatic carbocycles. The molecule has 0 spiro atoms. The number of amides is 1. The molecule has 0 saturated heterocycles. The highest BCUT2D eigenvalue weighted by Gasteiger charge is 2.23. The van der Waals surface area contributed by atoms with Gasteiger partial charge in [-0.25, -0.2) is 18.3 Å². The number of aromatic nitrogens is 3. The summed E-state index contributed by atoms with van der Waals surface area (Å²) in [6.07, 6.45) is 1.06. The number of nitrogens with one attached hydrogen (secondary N) is 1. The molecule has 0 fully saturated rings. The number of halogens is 3. The molecule has 8 nitrogen and oxygen atoms in total. The Morgan fingerprint density at radius 3 is 2.69 bits per heavy atom. The van der Waals surface area contributed by atoms with E-state index < -0.39 is 35.8 Å². The molecule has 0 atom stereocenters. The maximum absolute atomic E-state index is 14.1. The molecule has 0 aliphatic carbocycles. The second-order valence-electron chi connectivity index (χ2n) is 4.96. The van der Waals surface area contributed by atoms with Gasteiger partial charge in [-0.15, -0.1) is 12.4 Å². The molecule has 3 rings (SSSR count). The lowest BCUT2D eigenvalue weighted by atomic mass is 10.1. The van der Waals surface area contributed by atoms with Gasteiger partial charge in [-0.1, -0.05) is 6.07 Å². The SMILES string of the molecule is Cl.O=C(O)CNC(=O)c1c(O)cc(-c2cccc(F)c2F)n2ncnc12. The second kappa shape index (κ2) is 7.31. The van der Waals surface area contributed by atoms with Crippen LogP contribution in [0.15, 0.2) is 30.6 Å². The first-order valence-corrected chi connectivity index (χ1v) is 6.90. The van der Waals surface area contributed by atoms with Crippen LogP contribution in [0.1, 0.15) is 10.4 Å². The Morgan fingerprint density at radius 2 is 2.00 bits per heavy atom. The lowest BCUT2D eigenvalue weighted by Crippen LogP contribution is -2.29. The third kappa shape index (κ3) is 3.26. The van der Waals surface area contributed by atoms with Crippen molar-refractivity contribution < 1.29 is 28.6 Å². The van der Waals surface area contributed by atoms with Crippen molar-refractivity contribution >= 4 is 29.9 Å². The Balaban J connectivity index is 0.00000243. The van der Waals surface area contributed by atoms with Crippen molar-refractivity contribution in [3.63, 3.8) is 0 Å². The monoisotopic (exact) mass is 384 g/mol. The minimum Gasteiger partial charge on any atom is -0.507 e. The van der Waals surface area contributed by atoms with Gasteiger partial charge in [-0.2, -0.15) is 5.10 Å². The van der Waals surface area contributed by atoms with Crippen LogP contribution in [-0.4, -0.2) is 43.2 Å². The maximum Gasteiger partial charge on any atom is 0.322 e. The number of benzene rings is 1. The van der Waals surface area contributed by atoms with Crippen molar-refractivity contribution in [2.75, 3.05) is 6.54 Å². The average Bonchev–Trinajstić information content (AvgIpc) is 3.04. The number of carboxylic acid groups (broad SMARTS) is 1. The van der Waals surface area contributed by atoms with E-state index in [0.29, 0.717) is 0 Å². The van der Waals surface area contributed by atoms with Crippen molar-refractivity contribution in [2.24, 2.45) is 0 Å². The number of rotatable bonds is 4. The number of carbonyl (C=O) groups is 2. The predicted octanol–water partition coefficient (Wildman–Crippen LogP) is 1.62. The van der Waals surface area contributed by atoms with Gasteiger partial charge in [-0.3, -0.25) is 9.59 Å². The van der Waals surface area contributed by atoms with E-state index in [1.807, 2.05) is 0 Å². The Bertz CT molecular complexity index is 1010. The van der Waals surface area contributed by atoms with Crippen molar-refractivity contribution in [1.82, 2.24) is 19.9 Å². The maximum atomic E-state index is 14.1. The zero-order valence-corrected chi connectivity index (χ0v) is 13.6. The van der Waals surface area contributed by atoms with Gasteiger partial charge in [0.05, 0.1) is 5.69 Å². The van der Waals surface area contributed by atoms with Crippen molar-refractivity contribution in [2.45, 2.75) is 0 Å². The third-order valence-electron chi connectivity index (χ3n) is 3.38. The van der Waals surface area contributed by atoms with Crippen LogP contribution in [0.25, 0.3) is 16.9 Å². The molecule has 2 aromatic heterocycles. The fourth-order valence-corrected chi connectivity index (χ4v) is 2.32. The van der Waals surface area contributed by atoms with Gasteiger partial charge in [0.25, 0.3) is 5.91 Å². The van der Waals surface area contributed by atoms with E-state index in [1.165, 1.54) is 12.1 Å². The summed E-state index contributed by atoms with van der Waals surface area (Å²) in [5.74, 6) is -5.00. The number of carboxylic acids is 1. The highest BCUT2D eigenvalue weighted by Crippen LogP contribution is 2.31. The van der Waals surface area contributed by atoms with E-state index in [1.54, 1.807) is 0 Å². The van der Waals surface area contributed by atoms with E-state index in [-0.39, 0.29) is 34.9 Å². The lowest BCUT2D eigenvalue weighted by molar-refractivity contribution is -0.135. The molecular weight excluding hydrogens is 374 g/mol. The lowest BCUT2D eigenvalue weighted by Gasteiger charge is -2.11. The molecular formula is C15H11ClF2N4O4. The van der Waals surface area contributed by atoms with Gasteiger partial charge in [0.1, 0.15) is 24.2 Å². The van der Waals surface area contributed by atoms with Crippen LogP contribution >= 0.6 is 12.4 Å². The number of hydrogen-bond acceptors (Lipinski definition) is 5. The number of fused-ring (bicyclic) bond motifs is 1. The van der Waals surface area contributed by atoms with Crippen molar-refractivity contribution in [1.29, 1.82) is 0 Å². The Morgan fingerprint density at radius 1 is 1.27 bits per heavy atom. The summed E-state index contributed by atoms with van der Waals surface area (Å²) in [7, 11) is 0. The molecule has 3 aromatic rings. The van der Waals surface area contributed by atoms with Gasteiger partial charge in [0, 0.05) is 11.6 Å². The molecule has 3 N–H and O–H groups in total. The molecule has 2 heterocycles. The summed E-state index contributed by atoms with van der Waals surface area (Å²) in [4.78, 5) is 26.5. The second-order valence-corrected chi connectivity index (χ2v) is 4.96. The molecule has 0 aliphatic rings. The van der Waals surface area contributed by atoms with Gasteiger partial charge in [0.15, 0.2) is 17.3 Å². The van der Waals surface area contributed by atoms with Crippen LogP contribution in [0.4, 0.5) is 8.78 Å². The quantitative estimate of drug-likeness (QED) is 0.629. The van der Waals surface area contributed by atoms with Crippen LogP contribution in [0, 0.1) is 11.6 Å². The van der Waals surface area contributed by atoms with E-state index in [9.17, 15) is 23.5 Å². The minimum atomic E-state index is -1.27. The van der Waals surface area contributed by atoms with Crippen molar-refractivity contribution in [3.05, 3.63) is 47.8 Å². The fourth-order valence-electron chi connectivity index (χ4n) is 2.32. The fraction of sp³-hybridized carbons (Fsp3) is 0.0667. The van der Waals surface area contributed by atoms with Crippen molar-refractivity contribution in [3.8, 4) is 17.0 Å². The summed E-state index contributed by atoms with van der Waals surface area (Å²) in [6.45, 7) is -0.668. The number of aromatic hydroxyl groups is 1. The molecule has 136 valence electrons. The topological polar surface area (TPSA) is 117 Å². The Kier molecular flexibility index (Phi) is 5.36. The number of hydrogen-bond donors (Lipinski definition) is 3. The van der Waals surface area contributed by atoms with Crippen LogP contribution in [0.2, 0.25) is 0 Å². The first-order chi connectivity index (χ1) is 11.9. The summed E-state index contributed by atoms with van der Waals surface area (Å²) in [5.41, 5.74) is -0.694. The molecule has 0 unspecified atom stereocenters. The molecule has 1 amide bonds. The number of pyridine rings is 1. The predicted molar refractivity (Wildman–Crippen MR) is 87.2 cm³/mol. The summed E-state index contributed by atoms with van der Waals surface area (Å²) >= 11 is 0. The largest absolute Gasteiger partial charge is 0.507 e. The van der Waals surface area contributed by atoms with Crippen LogP contribution in [-0.2, 0) is 4.79 Å². The smallest absolute Gasteiger partial charge is 0.322 e. The van der Waals surface area contributed by atoms with Crippen LogP contribution in [0.3, 0.4) is 0 Å². The van der Waals surface area contributed by atoms with E-state index >= 15 is 0 Å². The highest BCUT2D eigenvalue weighted by atomic mass is 35.5. The van der Waals surface area contributed by atoms with E-state index in [0.717, 1.165) is 23.0 Å². The average molecular weight is 385 g/mol. The first kappa shape index (κ1) is 19.1. The summed E-state index contributed by atoms with van der Waals surface area (Å²) in [6, 6.07) is 4.51. The Labute approximate surface area is 150 Å². The van der Waals surface area contributed by atoms with E-state index in [4.69, 9.17) is 5.11 Å². The third-order valence-corrected chi connectivity index (χ3v) is 3.38. The van der Waals surface area contributed by atoms with Gasteiger partial charge < -0.3 is 15.5 Å². The Hall–Kier alpha value is -3.27. The number of nitrogens with zero attached hydrogens (tertiary/aromatic N) is 3. The van der Waals surface area contributed by atoms with Gasteiger partial charge in [0.2, 0.25) is 0 Å². The first-order valence-electron chi connectivity index (χ1n) is 6.90. The molecule has 11 heteroatoms. The van der Waals surface area contributed by atoms with Gasteiger partial charge >= 0.3 is 5.97 Å². The van der Waals surface area contributed by atoms with Crippen LogP contribution in [0.5, 0.6) is 5.75 Å². The summed E-state index contributed by atoms with van der Waals surface area (Å²) in [5, 5.41) is 24.7. The standard InChI is InChI=1S/C15H10F2N4O4.ClH/c16-8-3-1-2-7(13(8)17)9-4-10(22)12(14-19-6-20-21(9)14)15(25)18-5-11(23)24;/h1-4,6,22H,5H2,(H,18,25)(H,23,24);1H. The molecule has 0 bridgehead atoms. The highest BCUT2D eigenvalue weighted by molar-refractivity contribution is 6.04. The zero-order valence-electron chi connectivity index (χ0n) is 12.8. The summed E-state index contributed by atoms with van der Waals surface area (Å²) < 4.78 is 28.6. The van der Waals surface area contributed by atoms with Gasteiger partial charge in [-0.05, 0) is 12.1 Å². The molecule has 0 aliphatic heterocycles. The molecule has 0 radical (unpaired) electrons.